The van der Waals surface area contributed by atoms with Gasteiger partial charge in [0, 0.05) is 42.6 Å². The van der Waals surface area contributed by atoms with Crippen molar-refractivity contribution in [3.8, 4) is 0 Å². The van der Waals surface area contributed by atoms with Crippen molar-refractivity contribution in [2.24, 2.45) is 4.99 Å². The molecule has 1 saturated carbocycles. The molecule has 1 aliphatic heterocycles. The molecular formula is C20H30BrIN4O2. The van der Waals surface area contributed by atoms with Crippen LogP contribution in [0.2, 0.25) is 0 Å². The summed E-state index contributed by atoms with van der Waals surface area (Å²) >= 11 is 3.57. The first-order valence-electron chi connectivity index (χ1n) is 9.71. The van der Waals surface area contributed by atoms with Gasteiger partial charge in [-0.1, -0.05) is 28.1 Å². The Morgan fingerprint density at radius 2 is 2.07 bits per heavy atom. The van der Waals surface area contributed by atoms with E-state index in [1.165, 1.54) is 18.4 Å². The van der Waals surface area contributed by atoms with Crippen LogP contribution in [0.3, 0.4) is 0 Å². The molecule has 0 bridgehead atoms. The monoisotopic (exact) mass is 564 g/mol. The number of rotatable bonds is 5. The van der Waals surface area contributed by atoms with Crippen molar-refractivity contribution in [2.75, 3.05) is 33.3 Å². The minimum absolute atomic E-state index is 0. The van der Waals surface area contributed by atoms with Gasteiger partial charge in [0.25, 0.3) is 0 Å². The second-order valence-electron chi connectivity index (χ2n) is 7.32. The van der Waals surface area contributed by atoms with Crippen molar-refractivity contribution in [3.05, 3.63) is 34.3 Å². The van der Waals surface area contributed by atoms with E-state index in [-0.39, 0.29) is 35.5 Å². The lowest BCUT2D eigenvalue weighted by Gasteiger charge is -2.32. The zero-order valence-electron chi connectivity index (χ0n) is 16.5. The summed E-state index contributed by atoms with van der Waals surface area (Å²) in [7, 11) is 1.81. The van der Waals surface area contributed by atoms with Gasteiger partial charge in [0.05, 0.1) is 6.61 Å². The van der Waals surface area contributed by atoms with Crippen LogP contribution in [-0.4, -0.2) is 56.3 Å². The minimum Gasteiger partial charge on any atom is -0.450 e. The highest BCUT2D eigenvalue weighted by Gasteiger charge is 2.44. The van der Waals surface area contributed by atoms with Crippen LogP contribution in [0.4, 0.5) is 4.79 Å². The van der Waals surface area contributed by atoms with E-state index in [9.17, 15) is 4.79 Å². The van der Waals surface area contributed by atoms with Crippen LogP contribution in [0.15, 0.2) is 33.7 Å². The van der Waals surface area contributed by atoms with E-state index in [1.807, 2.05) is 14.0 Å². The third kappa shape index (κ3) is 5.98. The van der Waals surface area contributed by atoms with Crippen molar-refractivity contribution >= 4 is 52.0 Å². The normalized spacial score (nSPS) is 18.8. The third-order valence-electron chi connectivity index (χ3n) is 5.47. The maximum atomic E-state index is 11.8. The number of amides is 1. The van der Waals surface area contributed by atoms with Crippen molar-refractivity contribution < 1.29 is 9.53 Å². The number of hydrogen-bond acceptors (Lipinski definition) is 3. The molecule has 6 nitrogen and oxygen atoms in total. The Bertz CT molecular complexity index is 689. The van der Waals surface area contributed by atoms with Crippen molar-refractivity contribution in [2.45, 2.75) is 44.1 Å². The van der Waals surface area contributed by atoms with E-state index in [2.05, 4.69) is 55.8 Å². The molecule has 0 atom stereocenters. The second-order valence-corrected chi connectivity index (χ2v) is 8.24. The highest BCUT2D eigenvalue weighted by Crippen LogP contribution is 2.48. The molecule has 0 aromatic heterocycles. The molecule has 1 aromatic carbocycles. The summed E-state index contributed by atoms with van der Waals surface area (Å²) in [5, 5.41) is 7.02. The van der Waals surface area contributed by atoms with Gasteiger partial charge in [0.1, 0.15) is 0 Å². The maximum absolute atomic E-state index is 11.8. The molecule has 1 heterocycles. The van der Waals surface area contributed by atoms with E-state index in [4.69, 9.17) is 4.74 Å². The van der Waals surface area contributed by atoms with Gasteiger partial charge in [-0.2, -0.15) is 0 Å². The van der Waals surface area contributed by atoms with Gasteiger partial charge in [-0.3, -0.25) is 4.99 Å². The Kier molecular flexibility index (Phi) is 8.85. The summed E-state index contributed by atoms with van der Waals surface area (Å²) in [5.41, 5.74) is 1.59. The van der Waals surface area contributed by atoms with Crippen LogP contribution in [-0.2, 0) is 10.2 Å². The van der Waals surface area contributed by atoms with E-state index in [0.29, 0.717) is 12.6 Å². The molecule has 28 heavy (non-hydrogen) atoms. The van der Waals surface area contributed by atoms with Crippen LogP contribution in [0.5, 0.6) is 0 Å². The lowest BCUT2D eigenvalue weighted by Crippen LogP contribution is -2.50. The quantitative estimate of drug-likeness (QED) is 0.323. The molecule has 0 spiro atoms. The number of carbonyl (C=O) groups excluding carboxylic acids is 1. The third-order valence-corrected chi connectivity index (χ3v) is 5.96. The molecule has 2 fully saturated rings. The fraction of sp³-hybridized carbons (Fsp3) is 0.600. The summed E-state index contributed by atoms with van der Waals surface area (Å²) in [6.45, 7) is 4.58. The van der Waals surface area contributed by atoms with E-state index >= 15 is 0 Å². The van der Waals surface area contributed by atoms with Crippen LogP contribution in [0.25, 0.3) is 0 Å². The van der Waals surface area contributed by atoms with Crippen molar-refractivity contribution in [1.82, 2.24) is 15.5 Å². The number of halogens is 2. The molecule has 1 saturated heterocycles. The largest absolute Gasteiger partial charge is 0.450 e. The van der Waals surface area contributed by atoms with Gasteiger partial charge in [-0.15, -0.1) is 24.0 Å². The van der Waals surface area contributed by atoms with Crippen molar-refractivity contribution in [3.63, 3.8) is 0 Å². The smallest absolute Gasteiger partial charge is 0.409 e. The Balaban J connectivity index is 0.00000280. The van der Waals surface area contributed by atoms with Gasteiger partial charge in [0.2, 0.25) is 0 Å². The average Bonchev–Trinajstić information content (AvgIpc) is 3.47. The van der Waals surface area contributed by atoms with Gasteiger partial charge in [-0.25, -0.2) is 4.79 Å². The van der Waals surface area contributed by atoms with Gasteiger partial charge in [-0.05, 0) is 50.3 Å². The Morgan fingerprint density at radius 1 is 1.36 bits per heavy atom. The number of likely N-dealkylation sites (tertiary alicyclic amines) is 1. The zero-order valence-corrected chi connectivity index (χ0v) is 20.5. The fourth-order valence-electron chi connectivity index (χ4n) is 3.60. The molecule has 0 radical (unpaired) electrons. The molecule has 0 unspecified atom stereocenters. The van der Waals surface area contributed by atoms with E-state index in [0.717, 1.165) is 42.9 Å². The number of nitrogens with one attached hydrogen (secondary N) is 2. The fourth-order valence-corrected chi connectivity index (χ4v) is 4.00. The predicted molar refractivity (Wildman–Crippen MR) is 127 cm³/mol. The Labute approximate surface area is 193 Å². The zero-order chi connectivity index (χ0) is 19.3. The van der Waals surface area contributed by atoms with Crippen LogP contribution in [0, 0.1) is 0 Å². The lowest BCUT2D eigenvalue weighted by atomic mass is 9.96. The molecule has 156 valence electrons. The number of piperidine rings is 1. The predicted octanol–water partition coefficient (Wildman–Crippen LogP) is 3.88. The number of ether oxygens (including phenoxy) is 1. The topological polar surface area (TPSA) is 66.0 Å². The highest BCUT2D eigenvalue weighted by atomic mass is 127. The maximum Gasteiger partial charge on any atom is 0.409 e. The summed E-state index contributed by atoms with van der Waals surface area (Å²) in [6, 6.07) is 8.92. The highest BCUT2D eigenvalue weighted by molar-refractivity contribution is 14.0. The summed E-state index contributed by atoms with van der Waals surface area (Å²) < 4.78 is 6.21. The number of carbonyl (C=O) groups is 1. The molecule has 2 aliphatic rings. The molecule has 1 amide bonds. The first kappa shape index (κ1) is 23.3. The first-order valence-corrected chi connectivity index (χ1v) is 10.5. The Morgan fingerprint density at radius 3 is 2.64 bits per heavy atom. The van der Waals surface area contributed by atoms with Crippen LogP contribution < -0.4 is 10.6 Å². The van der Waals surface area contributed by atoms with E-state index < -0.39 is 0 Å². The lowest BCUT2D eigenvalue weighted by molar-refractivity contribution is 0.0963. The number of hydrogen-bond donors (Lipinski definition) is 2. The number of aliphatic imine (C=N–C) groups is 1. The minimum atomic E-state index is -0.205. The standard InChI is InChI=1S/C20H29BrN4O2.HI/c1-3-27-19(26)25-11-7-17(8-12-25)24-18(22-2)23-14-20(9-10-20)15-5-4-6-16(21)13-15;/h4-6,13,17H,3,7-12,14H2,1-2H3,(H2,22,23,24);1H. The van der Waals surface area contributed by atoms with Gasteiger partial charge < -0.3 is 20.3 Å². The summed E-state index contributed by atoms with van der Waals surface area (Å²) in [6.07, 6.45) is 3.99. The SMILES string of the molecule is CCOC(=O)N1CCC(NC(=NC)NCC2(c3cccc(Br)c3)CC2)CC1.I. The van der Waals surface area contributed by atoms with Gasteiger partial charge in [0.15, 0.2) is 5.96 Å². The molecule has 2 N–H and O–H groups in total. The summed E-state index contributed by atoms with van der Waals surface area (Å²) in [4.78, 5) is 18.0. The van der Waals surface area contributed by atoms with E-state index in [1.54, 1.807) is 4.90 Å². The Hall–Kier alpha value is -1.03. The van der Waals surface area contributed by atoms with Crippen LogP contribution in [0.1, 0.15) is 38.2 Å². The molecule has 1 aromatic rings. The summed E-state index contributed by atoms with van der Waals surface area (Å²) in [5.74, 6) is 0.839. The molecule has 8 heteroatoms. The molecule has 3 rings (SSSR count). The second kappa shape index (κ2) is 10.7. The number of benzene rings is 1. The van der Waals surface area contributed by atoms with Crippen molar-refractivity contribution in [1.29, 1.82) is 0 Å². The molecule has 1 aliphatic carbocycles. The molecular weight excluding hydrogens is 535 g/mol. The average molecular weight is 565 g/mol. The number of nitrogens with zero attached hydrogens (tertiary/aromatic N) is 2. The van der Waals surface area contributed by atoms with Gasteiger partial charge >= 0.3 is 6.09 Å². The first-order chi connectivity index (χ1) is 13.1. The van der Waals surface area contributed by atoms with Crippen LogP contribution >= 0.6 is 39.9 Å². The number of guanidine groups is 1.